The summed E-state index contributed by atoms with van der Waals surface area (Å²) in [5.41, 5.74) is 1.04. The van der Waals surface area contributed by atoms with Gasteiger partial charge in [0.1, 0.15) is 5.82 Å². The third-order valence-electron chi connectivity index (χ3n) is 4.64. The molecular formula is C23H28ClFN2O2. The Morgan fingerprint density at radius 1 is 0.966 bits per heavy atom. The first kappa shape index (κ1) is 22.9. The van der Waals surface area contributed by atoms with Crippen LogP contribution in [-0.4, -0.2) is 24.9 Å². The molecule has 0 saturated carbocycles. The molecule has 2 amide bonds. The minimum absolute atomic E-state index is 0.0144. The van der Waals surface area contributed by atoms with Crippen molar-refractivity contribution in [3.05, 3.63) is 64.9 Å². The number of nitrogens with one attached hydrogen (secondary N) is 1. The minimum Gasteiger partial charge on any atom is -0.354 e. The van der Waals surface area contributed by atoms with E-state index in [0.717, 1.165) is 19.3 Å². The number of nitrogens with zero attached hydrogens (tertiary/aromatic N) is 1. The van der Waals surface area contributed by atoms with Crippen LogP contribution in [0.15, 0.2) is 48.5 Å². The molecule has 0 heterocycles. The number of rotatable bonds is 11. The van der Waals surface area contributed by atoms with Crippen molar-refractivity contribution in [1.29, 1.82) is 0 Å². The maximum absolute atomic E-state index is 13.3. The number of halogens is 2. The summed E-state index contributed by atoms with van der Waals surface area (Å²) >= 11 is 5.90. The molecule has 6 heteroatoms. The van der Waals surface area contributed by atoms with E-state index in [9.17, 15) is 14.0 Å². The molecule has 2 rings (SSSR count). The van der Waals surface area contributed by atoms with Crippen LogP contribution in [0.4, 0.5) is 10.1 Å². The van der Waals surface area contributed by atoms with Gasteiger partial charge in [-0.25, -0.2) is 4.39 Å². The fourth-order valence-corrected chi connectivity index (χ4v) is 3.13. The van der Waals surface area contributed by atoms with Crippen LogP contribution in [0.25, 0.3) is 0 Å². The molecule has 0 spiro atoms. The molecule has 0 aliphatic rings. The molecule has 4 nitrogen and oxygen atoms in total. The maximum Gasteiger partial charge on any atom is 0.258 e. The molecule has 0 atom stereocenters. The predicted molar refractivity (Wildman–Crippen MR) is 116 cm³/mol. The Bertz CT molecular complexity index is 778. The van der Waals surface area contributed by atoms with Gasteiger partial charge < -0.3 is 10.2 Å². The smallest absolute Gasteiger partial charge is 0.258 e. The third-order valence-corrected chi connectivity index (χ3v) is 4.89. The molecule has 156 valence electrons. The highest BCUT2D eigenvalue weighted by Crippen LogP contribution is 2.19. The topological polar surface area (TPSA) is 49.4 Å². The Morgan fingerprint density at radius 2 is 1.62 bits per heavy atom. The van der Waals surface area contributed by atoms with Gasteiger partial charge in [0, 0.05) is 35.8 Å². The highest BCUT2D eigenvalue weighted by molar-refractivity contribution is 6.30. The van der Waals surface area contributed by atoms with Crippen LogP contribution in [0, 0.1) is 5.82 Å². The number of hydrogen-bond acceptors (Lipinski definition) is 2. The van der Waals surface area contributed by atoms with Gasteiger partial charge in [-0.1, -0.05) is 44.2 Å². The van der Waals surface area contributed by atoms with E-state index in [1.54, 1.807) is 36.4 Å². The summed E-state index contributed by atoms with van der Waals surface area (Å²) in [6, 6.07) is 12.3. The zero-order valence-corrected chi connectivity index (χ0v) is 17.6. The lowest BCUT2D eigenvalue weighted by Crippen LogP contribution is -2.38. The average molecular weight is 419 g/mol. The van der Waals surface area contributed by atoms with Gasteiger partial charge in [0.2, 0.25) is 5.91 Å². The predicted octanol–water partition coefficient (Wildman–Crippen LogP) is 5.60. The lowest BCUT2D eigenvalue weighted by Gasteiger charge is -2.23. The van der Waals surface area contributed by atoms with Gasteiger partial charge >= 0.3 is 0 Å². The molecule has 0 unspecified atom stereocenters. The molecule has 0 bridgehead atoms. The van der Waals surface area contributed by atoms with Crippen LogP contribution in [0.5, 0.6) is 0 Å². The van der Waals surface area contributed by atoms with E-state index in [1.165, 1.54) is 29.9 Å². The Kier molecular flexibility index (Phi) is 9.65. The Morgan fingerprint density at radius 3 is 2.28 bits per heavy atom. The largest absolute Gasteiger partial charge is 0.354 e. The maximum atomic E-state index is 13.3. The molecule has 2 aromatic rings. The Labute approximate surface area is 177 Å². The number of carbonyl (C=O) groups is 2. The molecular weight excluding hydrogens is 391 g/mol. The zero-order valence-electron chi connectivity index (χ0n) is 16.8. The number of benzene rings is 2. The third kappa shape index (κ3) is 7.86. The van der Waals surface area contributed by atoms with E-state index in [4.69, 9.17) is 11.6 Å². The fraction of sp³-hybridized carbons (Fsp3) is 0.391. The molecule has 0 saturated heterocycles. The average Bonchev–Trinajstić information content (AvgIpc) is 2.72. The van der Waals surface area contributed by atoms with Crippen molar-refractivity contribution in [2.45, 2.75) is 45.4 Å². The second-order valence-corrected chi connectivity index (χ2v) is 7.39. The van der Waals surface area contributed by atoms with Crippen molar-refractivity contribution in [3.63, 3.8) is 0 Å². The van der Waals surface area contributed by atoms with Crippen LogP contribution < -0.4 is 10.2 Å². The van der Waals surface area contributed by atoms with Gasteiger partial charge in [-0.15, -0.1) is 0 Å². The normalized spacial score (nSPS) is 10.6. The summed E-state index contributed by atoms with van der Waals surface area (Å²) in [4.78, 5) is 26.5. The second-order valence-electron chi connectivity index (χ2n) is 6.95. The Hall–Kier alpha value is -2.40. The lowest BCUT2D eigenvalue weighted by atomic mass is 10.1. The van der Waals surface area contributed by atoms with Gasteiger partial charge in [0.25, 0.3) is 5.91 Å². The summed E-state index contributed by atoms with van der Waals surface area (Å²) in [6.07, 6.45) is 5.94. The quantitative estimate of drug-likeness (QED) is 0.482. The number of amides is 2. The van der Waals surface area contributed by atoms with Crippen molar-refractivity contribution in [1.82, 2.24) is 5.32 Å². The highest BCUT2D eigenvalue weighted by atomic mass is 35.5. The summed E-state index contributed by atoms with van der Waals surface area (Å²) in [5.74, 6) is -0.620. The van der Waals surface area contributed by atoms with E-state index in [0.29, 0.717) is 29.2 Å². The number of hydrogen-bond donors (Lipinski definition) is 1. The summed E-state index contributed by atoms with van der Waals surface area (Å²) in [6.45, 7) is 2.77. The standard InChI is InChI=1S/C23H28ClFN2O2/c1-2-3-4-5-6-7-22(28)26-16-17-27(21-14-12-20(25)13-15-21)23(29)18-8-10-19(24)11-9-18/h8-15H,2-7,16-17H2,1H3,(H,26,28). The molecule has 0 aliphatic carbocycles. The van der Waals surface area contributed by atoms with Crippen LogP contribution in [0.3, 0.4) is 0 Å². The van der Waals surface area contributed by atoms with Crippen molar-refractivity contribution >= 4 is 29.1 Å². The van der Waals surface area contributed by atoms with Crippen molar-refractivity contribution in [2.24, 2.45) is 0 Å². The van der Waals surface area contributed by atoms with E-state index >= 15 is 0 Å². The van der Waals surface area contributed by atoms with Gasteiger partial charge in [-0.2, -0.15) is 0 Å². The van der Waals surface area contributed by atoms with Crippen LogP contribution in [0.1, 0.15) is 55.8 Å². The van der Waals surface area contributed by atoms with Crippen molar-refractivity contribution in [2.75, 3.05) is 18.0 Å². The monoisotopic (exact) mass is 418 g/mol. The number of carbonyl (C=O) groups excluding carboxylic acids is 2. The summed E-state index contributed by atoms with van der Waals surface area (Å²) in [7, 11) is 0. The summed E-state index contributed by atoms with van der Waals surface area (Å²) < 4.78 is 13.3. The van der Waals surface area contributed by atoms with Crippen molar-refractivity contribution in [3.8, 4) is 0 Å². The number of unbranched alkanes of at least 4 members (excludes halogenated alkanes) is 4. The molecule has 0 radical (unpaired) electrons. The molecule has 29 heavy (non-hydrogen) atoms. The first-order chi connectivity index (χ1) is 14.0. The first-order valence-electron chi connectivity index (χ1n) is 10.1. The summed E-state index contributed by atoms with van der Waals surface area (Å²) in [5, 5.41) is 3.42. The van der Waals surface area contributed by atoms with Gasteiger partial charge in [0.15, 0.2) is 0 Å². The zero-order chi connectivity index (χ0) is 21.1. The van der Waals surface area contributed by atoms with Gasteiger partial charge in [-0.05, 0) is 55.0 Å². The van der Waals surface area contributed by atoms with Gasteiger partial charge in [-0.3, -0.25) is 9.59 Å². The molecule has 0 fully saturated rings. The van der Waals surface area contributed by atoms with E-state index in [-0.39, 0.29) is 24.2 Å². The molecule has 0 aromatic heterocycles. The van der Waals surface area contributed by atoms with Crippen molar-refractivity contribution < 1.29 is 14.0 Å². The molecule has 0 aliphatic heterocycles. The SMILES string of the molecule is CCCCCCCC(=O)NCCN(C(=O)c1ccc(Cl)cc1)c1ccc(F)cc1. The van der Waals surface area contributed by atoms with Gasteiger partial charge in [0.05, 0.1) is 0 Å². The Balaban J connectivity index is 1.95. The lowest BCUT2D eigenvalue weighted by molar-refractivity contribution is -0.121. The second kappa shape index (κ2) is 12.2. The van der Waals surface area contributed by atoms with E-state index in [1.807, 2.05) is 0 Å². The molecule has 2 aromatic carbocycles. The molecule has 1 N–H and O–H groups in total. The van der Waals surface area contributed by atoms with E-state index < -0.39 is 0 Å². The highest BCUT2D eigenvalue weighted by Gasteiger charge is 2.18. The number of anilines is 1. The minimum atomic E-state index is -0.371. The van der Waals surface area contributed by atoms with Crippen LogP contribution in [-0.2, 0) is 4.79 Å². The fourth-order valence-electron chi connectivity index (χ4n) is 3.00. The van der Waals surface area contributed by atoms with Crippen LogP contribution >= 0.6 is 11.6 Å². The van der Waals surface area contributed by atoms with Crippen LogP contribution in [0.2, 0.25) is 5.02 Å². The van der Waals surface area contributed by atoms with E-state index in [2.05, 4.69) is 12.2 Å². The first-order valence-corrected chi connectivity index (χ1v) is 10.5.